The fraction of sp³-hybridized carbons (Fsp3) is 0.250. The summed E-state index contributed by atoms with van der Waals surface area (Å²) in [6, 6.07) is 15.6. The number of urea groups is 1. The molecule has 2 aromatic carbocycles. The van der Waals surface area contributed by atoms with E-state index < -0.39 is 23.4 Å². The highest BCUT2D eigenvalue weighted by Crippen LogP contribution is 2.23. The molecule has 7 heteroatoms. The van der Waals surface area contributed by atoms with Crippen LogP contribution in [0.5, 0.6) is 11.5 Å². The molecule has 0 spiro atoms. The zero-order chi connectivity index (χ0) is 19.4. The van der Waals surface area contributed by atoms with Crippen molar-refractivity contribution in [2.24, 2.45) is 0 Å². The van der Waals surface area contributed by atoms with Gasteiger partial charge in [-0.2, -0.15) is 0 Å². The number of rotatable bonds is 6. The number of benzene rings is 2. The van der Waals surface area contributed by atoms with E-state index in [1.165, 1.54) is 0 Å². The molecular formula is C20H21N3O4. The highest BCUT2D eigenvalue weighted by Gasteiger charge is 2.46. The number of hydrogen-bond donors (Lipinski definition) is 2. The molecule has 1 saturated heterocycles. The number of imide groups is 1. The van der Waals surface area contributed by atoms with Crippen molar-refractivity contribution in [2.45, 2.75) is 25.8 Å². The lowest BCUT2D eigenvalue weighted by Gasteiger charge is -2.19. The molecule has 1 heterocycles. The maximum absolute atomic E-state index is 12.3. The van der Waals surface area contributed by atoms with E-state index in [4.69, 9.17) is 4.74 Å². The Hall–Kier alpha value is -3.35. The molecule has 4 amide bonds. The monoisotopic (exact) mass is 367 g/mol. The minimum absolute atomic E-state index is 0.331. The molecule has 1 fully saturated rings. The van der Waals surface area contributed by atoms with Crippen molar-refractivity contribution in [3.05, 3.63) is 54.6 Å². The standard InChI is InChI=1S/C20H21N3O4/c1-3-20(2)18(25)23(19(26)22-20)13-17(24)21-14-9-11-16(12-10-14)27-15-7-5-4-6-8-15/h4-12H,3,13H2,1-2H3,(H,21,24)(H,22,26)/t20-/m0/s1. The number of anilines is 1. The van der Waals surface area contributed by atoms with Gasteiger partial charge in [-0.1, -0.05) is 25.1 Å². The molecule has 0 saturated carbocycles. The van der Waals surface area contributed by atoms with Gasteiger partial charge in [-0.05, 0) is 49.7 Å². The molecule has 0 aromatic heterocycles. The smallest absolute Gasteiger partial charge is 0.325 e. The highest BCUT2D eigenvalue weighted by atomic mass is 16.5. The summed E-state index contributed by atoms with van der Waals surface area (Å²) in [5.41, 5.74) is -0.404. The maximum Gasteiger partial charge on any atom is 0.325 e. The van der Waals surface area contributed by atoms with Gasteiger partial charge in [0.2, 0.25) is 5.91 Å². The Morgan fingerprint density at radius 3 is 2.30 bits per heavy atom. The van der Waals surface area contributed by atoms with Crippen LogP contribution >= 0.6 is 0 Å². The lowest BCUT2D eigenvalue weighted by Crippen LogP contribution is -2.44. The predicted molar refractivity (Wildman–Crippen MR) is 101 cm³/mol. The van der Waals surface area contributed by atoms with Crippen molar-refractivity contribution in [2.75, 3.05) is 11.9 Å². The van der Waals surface area contributed by atoms with Gasteiger partial charge in [-0.3, -0.25) is 14.5 Å². The lowest BCUT2D eigenvalue weighted by molar-refractivity contribution is -0.133. The molecule has 0 aliphatic carbocycles. The zero-order valence-electron chi connectivity index (χ0n) is 15.2. The van der Waals surface area contributed by atoms with E-state index in [9.17, 15) is 14.4 Å². The summed E-state index contributed by atoms with van der Waals surface area (Å²) in [6.07, 6.45) is 0.457. The van der Waals surface area contributed by atoms with Gasteiger partial charge >= 0.3 is 6.03 Å². The molecule has 0 unspecified atom stereocenters. The van der Waals surface area contributed by atoms with Crippen LogP contribution in [0.4, 0.5) is 10.5 Å². The molecular weight excluding hydrogens is 346 g/mol. The van der Waals surface area contributed by atoms with E-state index in [2.05, 4.69) is 10.6 Å². The first-order chi connectivity index (χ1) is 12.9. The molecule has 27 heavy (non-hydrogen) atoms. The summed E-state index contributed by atoms with van der Waals surface area (Å²) in [5, 5.41) is 5.30. The topological polar surface area (TPSA) is 87.7 Å². The summed E-state index contributed by atoms with van der Waals surface area (Å²) in [6.45, 7) is 3.12. The molecule has 7 nitrogen and oxygen atoms in total. The van der Waals surface area contributed by atoms with Crippen LogP contribution in [0, 0.1) is 0 Å². The number of ether oxygens (including phenoxy) is 1. The second kappa shape index (κ2) is 7.49. The van der Waals surface area contributed by atoms with Crippen LogP contribution in [0.3, 0.4) is 0 Å². The third kappa shape index (κ3) is 4.08. The quantitative estimate of drug-likeness (QED) is 0.768. The van der Waals surface area contributed by atoms with Gasteiger partial charge in [0.1, 0.15) is 23.6 Å². The minimum Gasteiger partial charge on any atom is -0.457 e. The molecule has 1 atom stereocenters. The van der Waals surface area contributed by atoms with Crippen LogP contribution in [-0.4, -0.2) is 34.8 Å². The van der Waals surface area contributed by atoms with Crippen molar-refractivity contribution in [1.82, 2.24) is 10.2 Å². The number of hydrogen-bond acceptors (Lipinski definition) is 4. The van der Waals surface area contributed by atoms with Gasteiger partial charge in [0, 0.05) is 5.69 Å². The largest absolute Gasteiger partial charge is 0.457 e. The summed E-state index contributed by atoms with van der Waals surface area (Å²) < 4.78 is 5.69. The first kappa shape index (κ1) is 18.4. The Balaban J connectivity index is 1.58. The number of nitrogens with one attached hydrogen (secondary N) is 2. The van der Waals surface area contributed by atoms with Crippen LogP contribution < -0.4 is 15.4 Å². The average Bonchev–Trinajstić information content (AvgIpc) is 2.88. The van der Waals surface area contributed by atoms with E-state index in [0.717, 1.165) is 4.90 Å². The molecule has 3 rings (SSSR count). The van der Waals surface area contributed by atoms with Crippen molar-refractivity contribution < 1.29 is 19.1 Å². The van der Waals surface area contributed by atoms with Crippen LogP contribution in [-0.2, 0) is 9.59 Å². The molecule has 0 bridgehead atoms. The van der Waals surface area contributed by atoms with E-state index >= 15 is 0 Å². The Kier molecular flexibility index (Phi) is 5.12. The number of carbonyl (C=O) groups is 3. The fourth-order valence-electron chi connectivity index (χ4n) is 2.71. The van der Waals surface area contributed by atoms with Crippen molar-refractivity contribution in [1.29, 1.82) is 0 Å². The van der Waals surface area contributed by atoms with E-state index in [1.54, 1.807) is 38.1 Å². The summed E-state index contributed by atoms with van der Waals surface area (Å²) >= 11 is 0. The van der Waals surface area contributed by atoms with Gasteiger partial charge in [0.15, 0.2) is 0 Å². The molecule has 2 aromatic rings. The van der Waals surface area contributed by atoms with Gasteiger partial charge in [0.25, 0.3) is 5.91 Å². The van der Waals surface area contributed by atoms with Crippen LogP contribution in [0.1, 0.15) is 20.3 Å². The first-order valence-electron chi connectivity index (χ1n) is 8.68. The Labute approximate surface area is 157 Å². The van der Waals surface area contributed by atoms with E-state index in [0.29, 0.717) is 23.6 Å². The second-order valence-electron chi connectivity index (χ2n) is 6.49. The summed E-state index contributed by atoms with van der Waals surface area (Å²) in [4.78, 5) is 37.4. The van der Waals surface area contributed by atoms with Gasteiger partial charge in [0.05, 0.1) is 0 Å². The maximum atomic E-state index is 12.3. The summed E-state index contributed by atoms with van der Waals surface area (Å²) in [5.74, 6) is 0.506. The third-order valence-corrected chi connectivity index (χ3v) is 4.47. The van der Waals surface area contributed by atoms with Gasteiger partial charge in [-0.15, -0.1) is 0 Å². The van der Waals surface area contributed by atoms with Crippen molar-refractivity contribution in [3.8, 4) is 11.5 Å². The Morgan fingerprint density at radius 2 is 1.70 bits per heavy atom. The van der Waals surface area contributed by atoms with E-state index in [-0.39, 0.29) is 6.54 Å². The third-order valence-electron chi connectivity index (χ3n) is 4.47. The Morgan fingerprint density at radius 1 is 1.07 bits per heavy atom. The molecule has 2 N–H and O–H groups in total. The SMILES string of the molecule is CC[C@]1(C)NC(=O)N(CC(=O)Nc2ccc(Oc3ccccc3)cc2)C1=O. The number of amides is 4. The molecule has 0 radical (unpaired) electrons. The lowest BCUT2D eigenvalue weighted by atomic mass is 9.99. The fourth-order valence-corrected chi connectivity index (χ4v) is 2.71. The zero-order valence-corrected chi connectivity index (χ0v) is 15.2. The van der Waals surface area contributed by atoms with E-state index in [1.807, 2.05) is 30.3 Å². The van der Waals surface area contributed by atoms with Crippen LogP contribution in [0.25, 0.3) is 0 Å². The molecule has 1 aliphatic heterocycles. The van der Waals surface area contributed by atoms with Crippen LogP contribution in [0.2, 0.25) is 0 Å². The van der Waals surface area contributed by atoms with Gasteiger partial charge in [-0.25, -0.2) is 4.79 Å². The second-order valence-corrected chi connectivity index (χ2v) is 6.49. The number of para-hydroxylation sites is 1. The van der Waals surface area contributed by atoms with Crippen molar-refractivity contribution in [3.63, 3.8) is 0 Å². The minimum atomic E-state index is -0.951. The summed E-state index contributed by atoms with van der Waals surface area (Å²) in [7, 11) is 0. The normalized spacial score (nSPS) is 19.0. The van der Waals surface area contributed by atoms with Crippen LogP contribution in [0.15, 0.2) is 54.6 Å². The number of carbonyl (C=O) groups excluding carboxylic acids is 3. The Bertz CT molecular complexity index is 851. The average molecular weight is 367 g/mol. The first-order valence-corrected chi connectivity index (χ1v) is 8.68. The van der Waals surface area contributed by atoms with Gasteiger partial charge < -0.3 is 15.4 Å². The number of nitrogens with zero attached hydrogens (tertiary/aromatic N) is 1. The van der Waals surface area contributed by atoms with Crippen molar-refractivity contribution >= 4 is 23.5 Å². The molecule has 1 aliphatic rings. The highest BCUT2D eigenvalue weighted by molar-refractivity contribution is 6.09. The molecule has 140 valence electrons. The predicted octanol–water partition coefficient (Wildman–Crippen LogP) is 3.14.